The highest BCUT2D eigenvalue weighted by Crippen LogP contribution is 2.53. The molecule has 0 amide bonds. The molecule has 0 saturated carbocycles. The molecule has 6 heteroatoms. The summed E-state index contributed by atoms with van der Waals surface area (Å²) in [4.78, 5) is 14.8. The van der Waals surface area contributed by atoms with Gasteiger partial charge in [0.15, 0.2) is 0 Å². The van der Waals surface area contributed by atoms with Crippen molar-refractivity contribution in [3.05, 3.63) is 164 Å². The molecule has 0 fully saturated rings. The minimum Gasteiger partial charge on any atom is -0.308 e. The van der Waals surface area contributed by atoms with Gasteiger partial charge >= 0.3 is 0 Å². The number of rotatable bonds is 4. The highest BCUT2D eigenvalue weighted by Gasteiger charge is 2.27. The lowest BCUT2D eigenvalue weighted by molar-refractivity contribution is 1.17. The Morgan fingerprint density at radius 2 is 0.942 bits per heavy atom. The largest absolute Gasteiger partial charge is 0.308 e. The van der Waals surface area contributed by atoms with Crippen molar-refractivity contribution in [3.63, 3.8) is 0 Å². The van der Waals surface area contributed by atoms with Gasteiger partial charge in [0.2, 0.25) is 0 Å². The van der Waals surface area contributed by atoms with Crippen LogP contribution in [0.5, 0.6) is 0 Å². The van der Waals surface area contributed by atoms with E-state index in [1.54, 1.807) is 22.7 Å². The average Bonchev–Trinajstić information content (AvgIpc) is 3.85. The molecule has 1 aliphatic heterocycles. The Hall–Kier alpha value is -5.79. The number of anilines is 3. The zero-order valence-electron chi connectivity index (χ0n) is 27.7. The molecule has 10 aromatic rings. The molecule has 0 unspecified atom stereocenters. The summed E-state index contributed by atoms with van der Waals surface area (Å²) >= 11 is 5.32. The van der Waals surface area contributed by atoms with Crippen LogP contribution >= 0.6 is 34.4 Å². The lowest BCUT2D eigenvalue weighted by Gasteiger charge is -2.33. The van der Waals surface area contributed by atoms with E-state index in [2.05, 4.69) is 169 Å². The molecule has 8 aromatic carbocycles. The molecule has 0 N–H and O–H groups in total. The van der Waals surface area contributed by atoms with E-state index in [9.17, 15) is 0 Å². The number of nitrogens with zero attached hydrogens (tertiary/aromatic N) is 3. The van der Waals surface area contributed by atoms with E-state index in [1.165, 1.54) is 63.2 Å². The van der Waals surface area contributed by atoms with E-state index >= 15 is 0 Å². The van der Waals surface area contributed by atoms with Crippen LogP contribution < -0.4 is 4.90 Å². The number of para-hydroxylation sites is 2. The quantitative estimate of drug-likeness (QED) is 0.170. The number of benzene rings is 8. The van der Waals surface area contributed by atoms with E-state index in [4.69, 9.17) is 9.97 Å². The molecule has 0 saturated heterocycles. The Labute approximate surface area is 312 Å². The van der Waals surface area contributed by atoms with Crippen molar-refractivity contribution in [1.82, 2.24) is 9.97 Å². The molecule has 11 rings (SSSR count). The second kappa shape index (κ2) is 11.9. The minimum atomic E-state index is 1.04. The molecule has 1 aliphatic rings. The van der Waals surface area contributed by atoms with E-state index in [0.29, 0.717) is 0 Å². The van der Waals surface area contributed by atoms with Crippen LogP contribution in [0.2, 0.25) is 0 Å². The summed E-state index contributed by atoms with van der Waals surface area (Å²) in [5, 5.41) is 7.17. The maximum atomic E-state index is 5.00. The van der Waals surface area contributed by atoms with Crippen LogP contribution in [-0.4, -0.2) is 9.97 Å². The van der Waals surface area contributed by atoms with Crippen molar-refractivity contribution in [2.75, 3.05) is 4.90 Å². The monoisotopic (exact) mass is 717 g/mol. The molecule has 3 heterocycles. The lowest BCUT2D eigenvalue weighted by Crippen LogP contribution is -2.15. The molecule has 0 radical (unpaired) electrons. The van der Waals surface area contributed by atoms with Gasteiger partial charge in [0.25, 0.3) is 0 Å². The Bertz CT molecular complexity index is 2820. The third kappa shape index (κ3) is 4.87. The van der Waals surface area contributed by atoms with E-state index < -0.39 is 0 Å². The van der Waals surface area contributed by atoms with Crippen molar-refractivity contribution in [1.29, 1.82) is 0 Å². The Balaban J connectivity index is 1.05. The zero-order chi connectivity index (χ0) is 34.2. The summed E-state index contributed by atoms with van der Waals surface area (Å²) in [5.74, 6) is 0. The maximum Gasteiger partial charge on any atom is 0.124 e. The van der Waals surface area contributed by atoms with Crippen LogP contribution in [0.3, 0.4) is 0 Å². The van der Waals surface area contributed by atoms with Gasteiger partial charge in [-0.2, -0.15) is 0 Å². The minimum absolute atomic E-state index is 1.04. The van der Waals surface area contributed by atoms with Gasteiger partial charge in [-0.3, -0.25) is 0 Å². The lowest BCUT2D eigenvalue weighted by atomic mass is 9.93. The normalized spacial score (nSPS) is 12.5. The van der Waals surface area contributed by atoms with Crippen LogP contribution in [0, 0.1) is 0 Å². The average molecular weight is 718 g/mol. The first-order valence-corrected chi connectivity index (χ1v) is 19.7. The Kier molecular flexibility index (Phi) is 6.83. The first-order chi connectivity index (χ1) is 25.7. The van der Waals surface area contributed by atoms with Crippen LogP contribution in [0.25, 0.3) is 74.2 Å². The molecule has 0 atom stereocenters. The second-order valence-electron chi connectivity index (χ2n) is 13.0. The third-order valence-corrected chi connectivity index (χ3v) is 13.2. The zero-order valence-corrected chi connectivity index (χ0v) is 30.1. The van der Waals surface area contributed by atoms with Gasteiger partial charge in [0.1, 0.15) is 10.0 Å². The summed E-state index contributed by atoms with van der Waals surface area (Å²) in [6.45, 7) is 0. The van der Waals surface area contributed by atoms with Gasteiger partial charge in [-0.1, -0.05) is 96.7 Å². The van der Waals surface area contributed by atoms with E-state index in [1.807, 2.05) is 11.8 Å². The molecule has 0 aliphatic carbocycles. The fourth-order valence-corrected chi connectivity index (χ4v) is 10.5. The first kappa shape index (κ1) is 29.9. The predicted molar refractivity (Wildman–Crippen MR) is 223 cm³/mol. The fourth-order valence-electron chi connectivity index (χ4n) is 7.43. The molecular formula is C46H27N3S3. The highest BCUT2D eigenvalue weighted by atomic mass is 32.2. The Morgan fingerprint density at radius 3 is 1.56 bits per heavy atom. The van der Waals surface area contributed by atoms with Crippen LogP contribution in [0.4, 0.5) is 17.1 Å². The number of thiazole rings is 2. The molecule has 244 valence electrons. The van der Waals surface area contributed by atoms with Crippen molar-refractivity contribution in [2.45, 2.75) is 9.79 Å². The van der Waals surface area contributed by atoms with Crippen molar-refractivity contribution in [3.8, 4) is 32.3 Å². The molecular weight excluding hydrogens is 691 g/mol. The van der Waals surface area contributed by atoms with Crippen molar-refractivity contribution < 1.29 is 0 Å². The third-order valence-electron chi connectivity index (χ3n) is 9.91. The van der Waals surface area contributed by atoms with Crippen molar-refractivity contribution in [2.24, 2.45) is 0 Å². The smallest absolute Gasteiger partial charge is 0.124 e. The van der Waals surface area contributed by atoms with Crippen molar-refractivity contribution >= 4 is 93.5 Å². The SMILES string of the molecule is c1ccc2c(c1)cc(-c1ccc(N3c4ccc(-c5nc6ccccc6s5)cc4Sc4cc(-c5nc6ccccc6s5)ccc43)cc1)c1ccccc12. The van der Waals surface area contributed by atoms with Gasteiger partial charge in [-0.15, -0.1) is 22.7 Å². The van der Waals surface area contributed by atoms with Crippen LogP contribution in [-0.2, 0) is 0 Å². The first-order valence-electron chi connectivity index (χ1n) is 17.2. The van der Waals surface area contributed by atoms with Crippen LogP contribution in [0.15, 0.2) is 174 Å². The fraction of sp³-hybridized carbons (Fsp3) is 0. The number of aromatic nitrogens is 2. The van der Waals surface area contributed by atoms with Gasteiger partial charge in [0.05, 0.1) is 31.8 Å². The summed E-state index contributed by atoms with van der Waals surface area (Å²) < 4.78 is 2.41. The standard InChI is InChI=1S/C46H27N3S3/c1-2-10-33-29(9-1)25-36(35-12-4-3-11-34(33)35)28-17-21-32(22-18-28)49-39-23-19-30(45-47-37-13-5-7-15-41(37)51-45)26-43(39)50-44-27-31(20-24-40(44)49)46-48-38-14-6-8-16-42(38)52-46/h1-27H. The molecule has 2 aromatic heterocycles. The molecule has 0 spiro atoms. The van der Waals surface area contributed by atoms with E-state index in [0.717, 1.165) is 37.9 Å². The summed E-state index contributed by atoms with van der Waals surface area (Å²) in [6.07, 6.45) is 0. The van der Waals surface area contributed by atoms with Gasteiger partial charge in [-0.05, 0) is 112 Å². The predicted octanol–water partition coefficient (Wildman–Crippen LogP) is 14.1. The highest BCUT2D eigenvalue weighted by molar-refractivity contribution is 7.99. The van der Waals surface area contributed by atoms with Gasteiger partial charge in [0, 0.05) is 26.6 Å². The summed E-state index contributed by atoms with van der Waals surface area (Å²) in [5.41, 5.74) is 10.3. The number of hydrogen-bond donors (Lipinski definition) is 0. The van der Waals surface area contributed by atoms with E-state index in [-0.39, 0.29) is 0 Å². The number of fused-ring (bicyclic) bond motifs is 7. The molecule has 52 heavy (non-hydrogen) atoms. The number of hydrogen-bond acceptors (Lipinski definition) is 6. The molecule has 3 nitrogen and oxygen atoms in total. The van der Waals surface area contributed by atoms with Gasteiger partial charge in [-0.25, -0.2) is 9.97 Å². The maximum absolute atomic E-state index is 5.00. The Morgan fingerprint density at radius 1 is 0.423 bits per heavy atom. The van der Waals surface area contributed by atoms with Gasteiger partial charge < -0.3 is 4.90 Å². The summed E-state index contributed by atoms with van der Waals surface area (Å²) in [7, 11) is 0. The second-order valence-corrected chi connectivity index (χ2v) is 16.2. The summed E-state index contributed by atoms with van der Waals surface area (Å²) in [6, 6.07) is 59.2. The topological polar surface area (TPSA) is 29.0 Å². The molecule has 0 bridgehead atoms. The van der Waals surface area contributed by atoms with Crippen LogP contribution in [0.1, 0.15) is 0 Å².